The van der Waals surface area contributed by atoms with E-state index in [1.165, 1.54) is 5.82 Å². The molecule has 3 rings (SSSR count). The van der Waals surface area contributed by atoms with E-state index in [1.807, 2.05) is 6.07 Å². The van der Waals surface area contributed by atoms with Gasteiger partial charge in [-0.2, -0.15) is 0 Å². The van der Waals surface area contributed by atoms with Crippen molar-refractivity contribution < 1.29 is 0 Å². The third-order valence-electron chi connectivity index (χ3n) is 3.83. The van der Waals surface area contributed by atoms with Gasteiger partial charge in [-0.1, -0.05) is 0 Å². The van der Waals surface area contributed by atoms with Crippen LogP contribution in [0.3, 0.4) is 0 Å². The highest BCUT2D eigenvalue weighted by Gasteiger charge is 2.24. The van der Waals surface area contributed by atoms with Crippen molar-refractivity contribution >= 4 is 11.2 Å². The van der Waals surface area contributed by atoms with Gasteiger partial charge in [-0.3, -0.25) is 0 Å². The van der Waals surface area contributed by atoms with Crippen molar-refractivity contribution in [3.05, 3.63) is 24.2 Å². The van der Waals surface area contributed by atoms with Gasteiger partial charge in [-0.05, 0) is 37.8 Å². The summed E-state index contributed by atoms with van der Waals surface area (Å²) in [5.41, 5.74) is 7.93. The fourth-order valence-electron chi connectivity index (χ4n) is 2.79. The Hall–Kier alpha value is -1.42. The fraction of sp³-hybridized carbons (Fsp3) is 0.538. The Balaban J connectivity index is 1.97. The topological polar surface area (TPSA) is 56.7 Å². The second-order valence-corrected chi connectivity index (χ2v) is 4.99. The van der Waals surface area contributed by atoms with Crippen molar-refractivity contribution in [2.45, 2.75) is 37.6 Å². The molecular weight excluding hydrogens is 212 g/mol. The van der Waals surface area contributed by atoms with Crippen molar-refractivity contribution in [2.75, 3.05) is 0 Å². The molecule has 1 fully saturated rings. The smallest absolute Gasteiger partial charge is 0.177 e. The Morgan fingerprint density at radius 3 is 2.76 bits per heavy atom. The molecular formula is C13H18N4. The summed E-state index contributed by atoms with van der Waals surface area (Å²) in [4.78, 5) is 8.99. The molecule has 1 saturated carbocycles. The summed E-state index contributed by atoms with van der Waals surface area (Å²) in [5.74, 6) is 1.72. The van der Waals surface area contributed by atoms with Gasteiger partial charge >= 0.3 is 0 Å². The van der Waals surface area contributed by atoms with Crippen molar-refractivity contribution in [3.63, 3.8) is 0 Å². The van der Waals surface area contributed by atoms with Crippen LogP contribution in [0, 0.1) is 0 Å². The Morgan fingerprint density at radius 2 is 2.06 bits per heavy atom. The maximum Gasteiger partial charge on any atom is 0.177 e. The van der Waals surface area contributed by atoms with E-state index in [0.717, 1.165) is 36.8 Å². The SMILES string of the molecule is Cn1c(C2CCC(N)CC2)nc2ncccc21. The van der Waals surface area contributed by atoms with E-state index in [1.54, 1.807) is 6.20 Å². The normalized spacial score (nSPS) is 25.3. The molecule has 0 aliphatic heterocycles. The molecule has 2 N–H and O–H groups in total. The summed E-state index contributed by atoms with van der Waals surface area (Å²) < 4.78 is 2.18. The maximum absolute atomic E-state index is 5.95. The van der Waals surface area contributed by atoms with Gasteiger partial charge in [0.2, 0.25) is 0 Å². The third kappa shape index (κ3) is 1.82. The number of nitrogens with zero attached hydrogens (tertiary/aromatic N) is 3. The maximum atomic E-state index is 5.95. The quantitative estimate of drug-likeness (QED) is 0.814. The van der Waals surface area contributed by atoms with Gasteiger partial charge in [0.15, 0.2) is 5.65 Å². The monoisotopic (exact) mass is 230 g/mol. The first-order chi connectivity index (χ1) is 8.25. The largest absolute Gasteiger partial charge is 0.330 e. The average Bonchev–Trinajstić information content (AvgIpc) is 2.69. The van der Waals surface area contributed by atoms with E-state index < -0.39 is 0 Å². The Kier molecular flexibility index (Phi) is 2.59. The minimum atomic E-state index is 0.388. The standard InChI is InChI=1S/C13H18N4/c1-17-11-3-2-8-15-12(11)16-13(17)9-4-6-10(14)7-5-9/h2-3,8-10H,4-7,14H2,1H3. The lowest BCUT2D eigenvalue weighted by molar-refractivity contribution is 0.380. The lowest BCUT2D eigenvalue weighted by Crippen LogP contribution is -2.26. The zero-order chi connectivity index (χ0) is 11.8. The van der Waals surface area contributed by atoms with Crippen molar-refractivity contribution in [1.29, 1.82) is 0 Å². The Bertz CT molecular complexity index is 523. The van der Waals surface area contributed by atoms with Crippen LogP contribution in [0.4, 0.5) is 0 Å². The second kappa shape index (κ2) is 4.11. The number of imidazole rings is 1. The summed E-state index contributed by atoms with van der Waals surface area (Å²) in [5, 5.41) is 0. The van der Waals surface area contributed by atoms with Gasteiger partial charge in [0, 0.05) is 25.2 Å². The zero-order valence-corrected chi connectivity index (χ0v) is 10.1. The van der Waals surface area contributed by atoms with Gasteiger partial charge in [-0.15, -0.1) is 0 Å². The van der Waals surface area contributed by atoms with Crippen LogP contribution in [-0.2, 0) is 7.05 Å². The van der Waals surface area contributed by atoms with Crippen LogP contribution in [0.1, 0.15) is 37.4 Å². The van der Waals surface area contributed by atoms with Gasteiger partial charge in [0.25, 0.3) is 0 Å². The fourth-order valence-corrected chi connectivity index (χ4v) is 2.79. The molecule has 0 amide bonds. The van der Waals surface area contributed by atoms with Crippen molar-refractivity contribution in [1.82, 2.24) is 14.5 Å². The highest BCUT2D eigenvalue weighted by molar-refractivity contribution is 5.71. The molecule has 4 heteroatoms. The third-order valence-corrected chi connectivity index (χ3v) is 3.83. The first-order valence-corrected chi connectivity index (χ1v) is 6.28. The van der Waals surface area contributed by atoms with E-state index in [-0.39, 0.29) is 0 Å². The molecule has 2 heterocycles. The predicted molar refractivity (Wildman–Crippen MR) is 67.7 cm³/mol. The average molecular weight is 230 g/mol. The molecule has 2 aromatic heterocycles. The molecule has 90 valence electrons. The highest BCUT2D eigenvalue weighted by Crippen LogP contribution is 2.32. The van der Waals surface area contributed by atoms with Crippen molar-refractivity contribution in [3.8, 4) is 0 Å². The van der Waals surface area contributed by atoms with Gasteiger partial charge in [0.05, 0.1) is 5.52 Å². The molecule has 1 aliphatic carbocycles. The van der Waals surface area contributed by atoms with Crippen LogP contribution in [0.15, 0.2) is 18.3 Å². The van der Waals surface area contributed by atoms with Crippen LogP contribution in [-0.4, -0.2) is 20.6 Å². The predicted octanol–water partition coefficient (Wildman–Crippen LogP) is 1.95. The summed E-state index contributed by atoms with van der Waals surface area (Å²) in [7, 11) is 2.08. The van der Waals surface area contributed by atoms with Crippen LogP contribution >= 0.6 is 0 Å². The molecule has 0 aromatic carbocycles. The lowest BCUT2D eigenvalue weighted by Gasteiger charge is -2.25. The van der Waals surface area contributed by atoms with E-state index in [0.29, 0.717) is 12.0 Å². The summed E-state index contributed by atoms with van der Waals surface area (Å²) in [6.45, 7) is 0. The number of aryl methyl sites for hydroxylation is 1. The van der Waals surface area contributed by atoms with Crippen LogP contribution in [0.5, 0.6) is 0 Å². The summed E-state index contributed by atoms with van der Waals surface area (Å²) in [6.07, 6.45) is 6.33. The van der Waals surface area contributed by atoms with Crippen molar-refractivity contribution in [2.24, 2.45) is 12.8 Å². The summed E-state index contributed by atoms with van der Waals surface area (Å²) in [6, 6.07) is 4.43. The van der Waals surface area contributed by atoms with E-state index in [2.05, 4.69) is 27.6 Å². The molecule has 1 aliphatic rings. The molecule has 17 heavy (non-hydrogen) atoms. The van der Waals surface area contributed by atoms with E-state index in [4.69, 9.17) is 5.73 Å². The molecule has 0 unspecified atom stereocenters. The number of rotatable bonds is 1. The first-order valence-electron chi connectivity index (χ1n) is 6.28. The Morgan fingerprint density at radius 1 is 1.29 bits per heavy atom. The number of hydrogen-bond acceptors (Lipinski definition) is 3. The number of hydrogen-bond donors (Lipinski definition) is 1. The first kappa shape index (κ1) is 10.7. The summed E-state index contributed by atoms with van der Waals surface area (Å²) >= 11 is 0. The number of aromatic nitrogens is 3. The highest BCUT2D eigenvalue weighted by atomic mass is 15.1. The molecule has 0 spiro atoms. The number of pyridine rings is 1. The zero-order valence-electron chi connectivity index (χ0n) is 10.1. The van der Waals surface area contributed by atoms with E-state index >= 15 is 0 Å². The minimum absolute atomic E-state index is 0.388. The van der Waals surface area contributed by atoms with Gasteiger partial charge in [0.1, 0.15) is 5.82 Å². The second-order valence-electron chi connectivity index (χ2n) is 4.99. The molecule has 4 nitrogen and oxygen atoms in total. The van der Waals surface area contributed by atoms with Gasteiger partial charge < -0.3 is 10.3 Å². The van der Waals surface area contributed by atoms with Crippen LogP contribution in [0.2, 0.25) is 0 Å². The number of fused-ring (bicyclic) bond motifs is 1. The van der Waals surface area contributed by atoms with Gasteiger partial charge in [-0.25, -0.2) is 9.97 Å². The molecule has 0 saturated heterocycles. The molecule has 0 radical (unpaired) electrons. The van der Waals surface area contributed by atoms with E-state index in [9.17, 15) is 0 Å². The number of nitrogens with two attached hydrogens (primary N) is 1. The molecule has 2 aromatic rings. The molecule has 0 atom stereocenters. The minimum Gasteiger partial charge on any atom is -0.330 e. The van der Waals surface area contributed by atoms with Crippen LogP contribution < -0.4 is 5.73 Å². The molecule has 0 bridgehead atoms. The Labute approximate surface area is 101 Å². The lowest BCUT2D eigenvalue weighted by atomic mass is 9.86. The van der Waals surface area contributed by atoms with Crippen LogP contribution in [0.25, 0.3) is 11.2 Å².